The van der Waals surface area contributed by atoms with E-state index in [4.69, 9.17) is 0 Å². The van der Waals surface area contributed by atoms with Crippen molar-refractivity contribution in [3.8, 4) is 0 Å². The van der Waals surface area contributed by atoms with Gasteiger partial charge in [0, 0.05) is 6.42 Å². The van der Waals surface area contributed by atoms with Gasteiger partial charge in [0.2, 0.25) is 4.74 Å². The van der Waals surface area contributed by atoms with Crippen LogP contribution in [0.1, 0.15) is 19.8 Å². The SMILES string of the molecule is CCCC1=NC(Br)=N[N]1. The lowest BCUT2D eigenvalue weighted by Crippen LogP contribution is -2.03. The first-order valence-corrected chi connectivity index (χ1v) is 3.64. The Balaban J connectivity index is 2.41. The molecule has 0 saturated heterocycles. The summed E-state index contributed by atoms with van der Waals surface area (Å²) < 4.78 is 0.589. The fourth-order valence-corrected chi connectivity index (χ4v) is 0.864. The fraction of sp³-hybridized carbons (Fsp3) is 0.600. The van der Waals surface area contributed by atoms with E-state index in [0.717, 1.165) is 18.7 Å². The predicted molar refractivity (Wildman–Crippen MR) is 40.8 cm³/mol. The summed E-state index contributed by atoms with van der Waals surface area (Å²) in [4.78, 5) is 3.99. The molecule has 0 aromatic rings. The van der Waals surface area contributed by atoms with Gasteiger partial charge in [-0.1, -0.05) is 6.92 Å². The Bertz CT molecular complexity index is 162. The van der Waals surface area contributed by atoms with Crippen molar-refractivity contribution in [1.29, 1.82) is 0 Å². The van der Waals surface area contributed by atoms with Crippen molar-refractivity contribution in [2.75, 3.05) is 0 Å². The second kappa shape index (κ2) is 2.96. The Morgan fingerprint density at radius 2 is 2.33 bits per heavy atom. The van der Waals surface area contributed by atoms with Crippen LogP contribution >= 0.6 is 15.9 Å². The van der Waals surface area contributed by atoms with Crippen LogP contribution in [-0.2, 0) is 0 Å². The first-order valence-electron chi connectivity index (χ1n) is 2.84. The summed E-state index contributed by atoms with van der Waals surface area (Å²) in [5, 5.41) is 3.69. The highest BCUT2D eigenvalue weighted by atomic mass is 79.9. The number of hydrogen-bond acceptors (Lipinski definition) is 2. The van der Waals surface area contributed by atoms with E-state index in [1.807, 2.05) is 0 Å². The Kier molecular flexibility index (Phi) is 2.22. The normalized spacial score (nSPS) is 16.7. The molecule has 0 aromatic heterocycles. The zero-order valence-corrected chi connectivity index (χ0v) is 6.72. The molecule has 49 valence electrons. The van der Waals surface area contributed by atoms with Crippen LogP contribution in [0.2, 0.25) is 0 Å². The van der Waals surface area contributed by atoms with Crippen molar-refractivity contribution in [2.45, 2.75) is 19.8 Å². The van der Waals surface area contributed by atoms with Gasteiger partial charge in [-0.05, 0) is 22.4 Å². The number of halogens is 1. The molecule has 0 amide bonds. The molecule has 1 heterocycles. The van der Waals surface area contributed by atoms with Gasteiger partial charge in [0.15, 0.2) is 5.84 Å². The molecule has 1 radical (unpaired) electrons. The van der Waals surface area contributed by atoms with Crippen LogP contribution in [0, 0.1) is 0 Å². The summed E-state index contributed by atoms with van der Waals surface area (Å²) in [5.41, 5.74) is 3.80. The van der Waals surface area contributed by atoms with Crippen LogP contribution in [0.25, 0.3) is 0 Å². The van der Waals surface area contributed by atoms with Crippen molar-refractivity contribution < 1.29 is 0 Å². The number of rotatable bonds is 2. The van der Waals surface area contributed by atoms with Gasteiger partial charge in [-0.15, -0.1) is 10.5 Å². The van der Waals surface area contributed by atoms with Crippen LogP contribution in [0.15, 0.2) is 10.1 Å². The molecule has 0 saturated carbocycles. The zero-order chi connectivity index (χ0) is 6.69. The first-order chi connectivity index (χ1) is 4.33. The number of amidine groups is 2. The van der Waals surface area contributed by atoms with Crippen LogP contribution < -0.4 is 5.43 Å². The van der Waals surface area contributed by atoms with Crippen molar-refractivity contribution in [1.82, 2.24) is 5.43 Å². The summed E-state index contributed by atoms with van der Waals surface area (Å²) in [6, 6.07) is 0. The number of aliphatic imine (C=N–C) groups is 1. The van der Waals surface area contributed by atoms with Gasteiger partial charge in [-0.25, -0.2) is 4.99 Å². The molecule has 0 spiro atoms. The highest BCUT2D eigenvalue weighted by Gasteiger charge is 2.06. The molecule has 4 heteroatoms. The zero-order valence-electron chi connectivity index (χ0n) is 5.13. The van der Waals surface area contributed by atoms with E-state index < -0.39 is 0 Å². The molecular weight excluding hydrogens is 182 g/mol. The van der Waals surface area contributed by atoms with Crippen molar-refractivity contribution in [3.63, 3.8) is 0 Å². The van der Waals surface area contributed by atoms with Gasteiger partial charge in [0.1, 0.15) is 0 Å². The highest BCUT2D eigenvalue weighted by molar-refractivity contribution is 9.18. The van der Waals surface area contributed by atoms with E-state index in [9.17, 15) is 0 Å². The lowest BCUT2D eigenvalue weighted by Gasteiger charge is -1.89. The van der Waals surface area contributed by atoms with Crippen molar-refractivity contribution in [3.05, 3.63) is 0 Å². The Morgan fingerprint density at radius 3 is 2.78 bits per heavy atom. The molecule has 0 aliphatic carbocycles. The Hall–Kier alpha value is -0.380. The third kappa shape index (κ3) is 1.78. The van der Waals surface area contributed by atoms with Crippen LogP contribution in [0.5, 0.6) is 0 Å². The van der Waals surface area contributed by atoms with Gasteiger partial charge in [0.05, 0.1) is 0 Å². The van der Waals surface area contributed by atoms with E-state index in [0.29, 0.717) is 4.74 Å². The third-order valence-corrected chi connectivity index (χ3v) is 1.28. The second-order valence-electron chi connectivity index (χ2n) is 1.75. The molecule has 3 nitrogen and oxygen atoms in total. The van der Waals surface area contributed by atoms with Crippen LogP contribution in [0.4, 0.5) is 0 Å². The summed E-state index contributed by atoms with van der Waals surface area (Å²) >= 11 is 3.12. The maximum atomic E-state index is 3.99. The molecule has 0 bridgehead atoms. The predicted octanol–water partition coefficient (Wildman–Crippen LogP) is 1.47. The second-order valence-corrected chi connectivity index (χ2v) is 2.46. The molecule has 1 aliphatic heterocycles. The Labute approximate surface area is 62.4 Å². The van der Waals surface area contributed by atoms with E-state index >= 15 is 0 Å². The maximum Gasteiger partial charge on any atom is 0.219 e. The third-order valence-electron chi connectivity index (χ3n) is 0.943. The minimum atomic E-state index is 0.589. The average Bonchev–Trinajstić information content (AvgIpc) is 2.17. The summed E-state index contributed by atoms with van der Waals surface area (Å²) in [6.45, 7) is 2.09. The lowest BCUT2D eigenvalue weighted by molar-refractivity contribution is 0.921. The van der Waals surface area contributed by atoms with E-state index in [-0.39, 0.29) is 0 Å². The molecule has 0 atom stereocenters. The quantitative estimate of drug-likeness (QED) is 0.590. The smallest absolute Gasteiger partial charge is 0.204 e. The maximum absolute atomic E-state index is 3.99. The summed E-state index contributed by atoms with van der Waals surface area (Å²) in [7, 11) is 0. The van der Waals surface area contributed by atoms with Gasteiger partial charge in [-0.2, -0.15) is 0 Å². The topological polar surface area (TPSA) is 38.8 Å². The van der Waals surface area contributed by atoms with Gasteiger partial charge < -0.3 is 0 Å². The highest BCUT2D eigenvalue weighted by Crippen LogP contribution is 2.02. The number of hydrogen-bond donors (Lipinski definition) is 0. The van der Waals surface area contributed by atoms with Crippen LogP contribution in [0.3, 0.4) is 0 Å². The van der Waals surface area contributed by atoms with E-state index in [1.54, 1.807) is 0 Å². The van der Waals surface area contributed by atoms with Crippen molar-refractivity contribution >= 4 is 26.5 Å². The minimum absolute atomic E-state index is 0.589. The molecule has 0 fully saturated rings. The summed E-state index contributed by atoms with van der Waals surface area (Å²) in [5.74, 6) is 0.823. The summed E-state index contributed by atoms with van der Waals surface area (Å²) in [6.07, 6.45) is 1.98. The average molecular weight is 189 g/mol. The van der Waals surface area contributed by atoms with E-state index in [1.165, 1.54) is 0 Å². The monoisotopic (exact) mass is 188 g/mol. The standard InChI is InChI=1S/C5H7BrN3/c1-2-3-4-7-5(6)9-8-4/h2-3H2,1H3. The fourth-order valence-electron chi connectivity index (χ4n) is 0.580. The van der Waals surface area contributed by atoms with Crippen LogP contribution in [-0.4, -0.2) is 10.6 Å². The van der Waals surface area contributed by atoms with Gasteiger partial charge in [-0.3, -0.25) is 0 Å². The molecule has 0 N–H and O–H groups in total. The molecule has 0 aromatic carbocycles. The largest absolute Gasteiger partial charge is 0.219 e. The minimum Gasteiger partial charge on any atom is -0.204 e. The number of nitrogens with zero attached hydrogens (tertiary/aromatic N) is 3. The molecule has 1 rings (SSSR count). The molecular formula is C5H7BrN3. The molecule has 1 aliphatic rings. The lowest BCUT2D eigenvalue weighted by atomic mass is 10.3. The first kappa shape index (κ1) is 6.74. The molecule has 9 heavy (non-hydrogen) atoms. The van der Waals surface area contributed by atoms with Gasteiger partial charge in [0.25, 0.3) is 0 Å². The van der Waals surface area contributed by atoms with Crippen molar-refractivity contribution in [2.24, 2.45) is 10.1 Å². The Morgan fingerprint density at radius 1 is 1.56 bits per heavy atom. The van der Waals surface area contributed by atoms with Gasteiger partial charge >= 0.3 is 0 Å². The van der Waals surface area contributed by atoms with E-state index in [2.05, 4.69) is 38.4 Å². The molecule has 0 unspecified atom stereocenters.